The molecular formula is C23H36N4O6S. The minimum atomic E-state index is -1.23. The molecule has 0 fully saturated rings. The molecule has 11 heteroatoms. The largest absolute Gasteiger partial charge is 0.508 e. The number of nitrogens with two attached hydrogens (primary N) is 1. The van der Waals surface area contributed by atoms with Crippen LogP contribution in [-0.4, -0.2) is 70.1 Å². The summed E-state index contributed by atoms with van der Waals surface area (Å²) in [6.07, 6.45) is 2.93. The number of thioether (sulfide) groups is 1. The van der Waals surface area contributed by atoms with E-state index < -0.39 is 47.9 Å². The normalized spacial score (nSPS) is 15.3. The molecule has 10 nitrogen and oxygen atoms in total. The molecular weight excluding hydrogens is 460 g/mol. The molecule has 0 aliphatic carbocycles. The van der Waals surface area contributed by atoms with Crippen LogP contribution in [-0.2, 0) is 25.6 Å². The third-order valence-corrected chi connectivity index (χ3v) is 6.19. The molecule has 5 atom stereocenters. The number of rotatable bonds is 14. The maximum Gasteiger partial charge on any atom is 0.326 e. The highest BCUT2D eigenvalue weighted by Gasteiger charge is 2.29. The van der Waals surface area contributed by atoms with Crippen LogP contribution < -0.4 is 21.7 Å². The molecule has 1 aromatic rings. The van der Waals surface area contributed by atoms with Gasteiger partial charge < -0.3 is 31.9 Å². The SMILES string of the molecule is CCC(C)C(N)C(=O)NC(CCSC)C(=O)NC(C)C(=O)NC(Cc1ccc(O)cc1)C(=O)O. The third-order valence-electron chi connectivity index (χ3n) is 5.55. The number of carboxylic acid groups (broad SMARTS) is 1. The fourth-order valence-corrected chi connectivity index (χ4v) is 3.50. The Balaban J connectivity index is 2.79. The van der Waals surface area contributed by atoms with E-state index in [0.717, 1.165) is 0 Å². The molecule has 7 N–H and O–H groups in total. The summed E-state index contributed by atoms with van der Waals surface area (Å²) >= 11 is 1.51. The zero-order valence-corrected chi connectivity index (χ0v) is 20.9. The van der Waals surface area contributed by atoms with Gasteiger partial charge in [-0.15, -0.1) is 0 Å². The Morgan fingerprint density at radius 1 is 0.971 bits per heavy atom. The molecule has 0 heterocycles. The predicted molar refractivity (Wildman–Crippen MR) is 131 cm³/mol. The van der Waals surface area contributed by atoms with Gasteiger partial charge in [0.05, 0.1) is 6.04 Å². The third kappa shape index (κ3) is 9.60. The lowest BCUT2D eigenvalue weighted by Crippen LogP contribution is -2.57. The number of nitrogens with one attached hydrogen (secondary N) is 3. The fourth-order valence-electron chi connectivity index (χ4n) is 3.03. The van der Waals surface area contributed by atoms with Crippen molar-refractivity contribution in [3.8, 4) is 5.75 Å². The molecule has 0 aliphatic heterocycles. The maximum atomic E-state index is 12.8. The van der Waals surface area contributed by atoms with E-state index in [-0.39, 0.29) is 18.1 Å². The van der Waals surface area contributed by atoms with Crippen molar-refractivity contribution in [2.45, 2.75) is 64.2 Å². The molecule has 0 aromatic heterocycles. The van der Waals surface area contributed by atoms with E-state index >= 15 is 0 Å². The van der Waals surface area contributed by atoms with E-state index in [9.17, 15) is 29.4 Å². The number of carbonyl (C=O) groups is 4. The van der Waals surface area contributed by atoms with Crippen LogP contribution in [0, 0.1) is 5.92 Å². The van der Waals surface area contributed by atoms with Gasteiger partial charge in [-0.2, -0.15) is 11.8 Å². The second-order valence-electron chi connectivity index (χ2n) is 8.25. The topological polar surface area (TPSA) is 171 Å². The second kappa shape index (κ2) is 14.5. The van der Waals surface area contributed by atoms with Crippen molar-refractivity contribution in [2.24, 2.45) is 11.7 Å². The summed E-state index contributed by atoms with van der Waals surface area (Å²) in [5, 5.41) is 26.5. The molecule has 0 radical (unpaired) electrons. The first-order chi connectivity index (χ1) is 16.0. The van der Waals surface area contributed by atoms with Crippen LogP contribution in [0.25, 0.3) is 0 Å². The Labute approximate surface area is 204 Å². The average Bonchev–Trinajstić information content (AvgIpc) is 2.80. The summed E-state index contributed by atoms with van der Waals surface area (Å²) in [7, 11) is 0. The van der Waals surface area contributed by atoms with Crippen molar-refractivity contribution in [3.05, 3.63) is 29.8 Å². The van der Waals surface area contributed by atoms with Crippen LogP contribution in [0.2, 0.25) is 0 Å². The molecule has 0 saturated heterocycles. The minimum absolute atomic E-state index is 0.00191. The number of carbonyl (C=O) groups excluding carboxylic acids is 3. The van der Waals surface area contributed by atoms with Gasteiger partial charge in [-0.3, -0.25) is 14.4 Å². The highest BCUT2D eigenvalue weighted by Crippen LogP contribution is 2.12. The van der Waals surface area contributed by atoms with E-state index in [2.05, 4.69) is 16.0 Å². The van der Waals surface area contributed by atoms with Crippen LogP contribution in [0.4, 0.5) is 0 Å². The van der Waals surface area contributed by atoms with Crippen molar-refractivity contribution in [2.75, 3.05) is 12.0 Å². The van der Waals surface area contributed by atoms with Crippen molar-refractivity contribution < 1.29 is 29.4 Å². The Morgan fingerprint density at radius 2 is 1.56 bits per heavy atom. The number of carboxylic acids is 1. The molecule has 5 unspecified atom stereocenters. The van der Waals surface area contributed by atoms with Gasteiger partial charge in [-0.25, -0.2) is 4.79 Å². The molecule has 0 spiro atoms. The van der Waals surface area contributed by atoms with Gasteiger partial charge in [0.1, 0.15) is 23.9 Å². The molecule has 1 aromatic carbocycles. The number of amides is 3. The van der Waals surface area contributed by atoms with Gasteiger partial charge in [0.25, 0.3) is 0 Å². The Hall–Kier alpha value is -2.79. The number of aromatic hydroxyl groups is 1. The average molecular weight is 497 g/mol. The van der Waals surface area contributed by atoms with E-state index in [4.69, 9.17) is 5.73 Å². The van der Waals surface area contributed by atoms with E-state index in [1.165, 1.54) is 30.8 Å². The van der Waals surface area contributed by atoms with Gasteiger partial charge in [-0.05, 0) is 49.0 Å². The van der Waals surface area contributed by atoms with E-state index in [1.54, 1.807) is 12.1 Å². The molecule has 34 heavy (non-hydrogen) atoms. The zero-order chi connectivity index (χ0) is 25.8. The molecule has 3 amide bonds. The summed E-state index contributed by atoms with van der Waals surface area (Å²) in [6, 6.07) is 2.08. The molecule has 1 rings (SSSR count). The van der Waals surface area contributed by atoms with Crippen LogP contribution >= 0.6 is 11.8 Å². The molecule has 190 valence electrons. The number of aliphatic carboxylic acids is 1. The molecule has 0 saturated carbocycles. The van der Waals surface area contributed by atoms with Crippen LogP contribution in [0.5, 0.6) is 5.75 Å². The number of hydrogen-bond acceptors (Lipinski definition) is 7. The monoisotopic (exact) mass is 496 g/mol. The van der Waals surface area contributed by atoms with Crippen LogP contribution in [0.1, 0.15) is 39.2 Å². The van der Waals surface area contributed by atoms with Gasteiger partial charge in [-0.1, -0.05) is 32.4 Å². The zero-order valence-electron chi connectivity index (χ0n) is 20.0. The van der Waals surface area contributed by atoms with Crippen molar-refractivity contribution in [1.82, 2.24) is 16.0 Å². The first kappa shape index (κ1) is 29.2. The quantitative estimate of drug-likeness (QED) is 0.218. The summed E-state index contributed by atoms with van der Waals surface area (Å²) in [6.45, 7) is 5.21. The lowest BCUT2D eigenvalue weighted by molar-refractivity contribution is -0.142. The van der Waals surface area contributed by atoms with Gasteiger partial charge in [0, 0.05) is 6.42 Å². The smallest absolute Gasteiger partial charge is 0.326 e. The lowest BCUT2D eigenvalue weighted by Gasteiger charge is -2.24. The van der Waals surface area contributed by atoms with Crippen LogP contribution in [0.3, 0.4) is 0 Å². The van der Waals surface area contributed by atoms with Gasteiger partial charge >= 0.3 is 5.97 Å². The predicted octanol–water partition coefficient (Wildman–Crippen LogP) is 0.620. The second-order valence-corrected chi connectivity index (χ2v) is 9.24. The summed E-state index contributed by atoms with van der Waals surface area (Å²) in [5.74, 6) is -2.31. The Morgan fingerprint density at radius 3 is 2.09 bits per heavy atom. The van der Waals surface area contributed by atoms with Crippen LogP contribution in [0.15, 0.2) is 24.3 Å². The van der Waals surface area contributed by atoms with Crippen molar-refractivity contribution in [3.63, 3.8) is 0 Å². The molecule has 0 bridgehead atoms. The van der Waals surface area contributed by atoms with E-state index in [1.807, 2.05) is 20.1 Å². The number of phenols is 1. The van der Waals surface area contributed by atoms with Crippen molar-refractivity contribution in [1.29, 1.82) is 0 Å². The van der Waals surface area contributed by atoms with E-state index in [0.29, 0.717) is 24.2 Å². The fraction of sp³-hybridized carbons (Fsp3) is 0.565. The summed E-state index contributed by atoms with van der Waals surface area (Å²) in [5.41, 5.74) is 6.58. The lowest BCUT2D eigenvalue weighted by atomic mass is 9.99. The van der Waals surface area contributed by atoms with Gasteiger partial charge in [0.2, 0.25) is 17.7 Å². The first-order valence-electron chi connectivity index (χ1n) is 11.2. The molecule has 0 aliphatic rings. The highest BCUT2D eigenvalue weighted by atomic mass is 32.2. The highest BCUT2D eigenvalue weighted by molar-refractivity contribution is 7.98. The Kier molecular flexibility index (Phi) is 12.4. The maximum absolute atomic E-state index is 12.8. The minimum Gasteiger partial charge on any atom is -0.508 e. The Bertz CT molecular complexity index is 835. The number of benzene rings is 1. The van der Waals surface area contributed by atoms with Crippen molar-refractivity contribution >= 4 is 35.5 Å². The number of phenolic OH excluding ortho intramolecular Hbond substituents is 1. The number of hydrogen-bond donors (Lipinski definition) is 6. The van der Waals surface area contributed by atoms with Gasteiger partial charge in [0.15, 0.2) is 0 Å². The standard InChI is InChI=1S/C23H36N4O6S/c1-5-13(2)19(24)22(31)26-17(10-11-34-4)21(30)25-14(3)20(29)27-18(23(32)33)12-15-6-8-16(28)9-7-15/h6-9,13-14,17-19,28H,5,10-12,24H2,1-4H3,(H,25,30)(H,26,31)(H,27,29)(H,32,33). The summed E-state index contributed by atoms with van der Waals surface area (Å²) < 4.78 is 0. The summed E-state index contributed by atoms with van der Waals surface area (Å²) in [4.78, 5) is 49.5. The first-order valence-corrected chi connectivity index (χ1v) is 12.6.